The van der Waals surface area contributed by atoms with Crippen molar-refractivity contribution in [3.63, 3.8) is 0 Å². The molecule has 3 atom stereocenters. The van der Waals surface area contributed by atoms with E-state index in [0.29, 0.717) is 21.7 Å². The third-order valence-electron chi connectivity index (χ3n) is 5.96. The van der Waals surface area contributed by atoms with Crippen molar-refractivity contribution in [1.29, 1.82) is 0 Å². The van der Waals surface area contributed by atoms with Crippen molar-refractivity contribution in [2.75, 3.05) is 0 Å². The van der Waals surface area contributed by atoms with Gasteiger partial charge in [0.25, 0.3) is 0 Å². The van der Waals surface area contributed by atoms with E-state index in [1.54, 1.807) is 0 Å². The van der Waals surface area contributed by atoms with Crippen molar-refractivity contribution < 1.29 is 14.3 Å². The van der Waals surface area contributed by atoms with Gasteiger partial charge in [-0.1, -0.05) is 39.3 Å². The maximum Gasteiger partial charge on any atom is 0.192 e. The molecular weight excluding hydrogens is 382 g/mol. The summed E-state index contributed by atoms with van der Waals surface area (Å²) in [5, 5.41) is 10.9. The van der Waals surface area contributed by atoms with Gasteiger partial charge in [0.15, 0.2) is 8.32 Å². The monoisotopic (exact) mass is 411 g/mol. The molecule has 6 nitrogen and oxygen atoms in total. The second-order valence-corrected chi connectivity index (χ2v) is 13.9. The van der Waals surface area contributed by atoms with Crippen molar-refractivity contribution in [2.45, 2.75) is 83.7 Å². The summed E-state index contributed by atoms with van der Waals surface area (Å²) in [6.45, 7) is 13.3. The molecule has 150 valence electrons. The maximum absolute atomic E-state index is 9.72. The smallest absolute Gasteiger partial charge is 0.192 e. The van der Waals surface area contributed by atoms with E-state index in [9.17, 15) is 5.11 Å². The Morgan fingerprint density at radius 3 is 2.67 bits per heavy atom. The standard InChI is InChI=1S/C19H30ClN3O3Si/c1-7-13-14(26-27(5,6)19(2,3)4)8-15(25-13)23-9-12(10-24)16-17(20)21-11-22-18(16)23/h9,11,13-15,24H,7-8,10H2,1-6H3/t13-,14?,15-/m1/s1. The van der Waals surface area contributed by atoms with Crippen molar-refractivity contribution in [3.8, 4) is 0 Å². The van der Waals surface area contributed by atoms with Crippen molar-refractivity contribution in [3.05, 3.63) is 23.2 Å². The molecule has 8 heteroatoms. The molecule has 0 amide bonds. The minimum atomic E-state index is -1.90. The lowest BCUT2D eigenvalue weighted by Gasteiger charge is -2.39. The van der Waals surface area contributed by atoms with E-state index in [0.717, 1.165) is 12.8 Å². The number of aliphatic hydroxyl groups is 1. The van der Waals surface area contributed by atoms with Crippen molar-refractivity contribution in [2.24, 2.45) is 0 Å². The first-order chi connectivity index (χ1) is 12.6. The van der Waals surface area contributed by atoms with E-state index in [1.807, 2.05) is 10.8 Å². The number of halogens is 1. The van der Waals surface area contributed by atoms with Gasteiger partial charge < -0.3 is 18.8 Å². The van der Waals surface area contributed by atoms with Gasteiger partial charge in [-0.25, -0.2) is 9.97 Å². The molecule has 0 saturated carbocycles. The summed E-state index contributed by atoms with van der Waals surface area (Å²) < 4.78 is 15.0. The van der Waals surface area contributed by atoms with Crippen LogP contribution in [0.2, 0.25) is 23.3 Å². The van der Waals surface area contributed by atoms with Gasteiger partial charge in [-0.2, -0.15) is 0 Å². The van der Waals surface area contributed by atoms with Crippen LogP contribution in [-0.2, 0) is 15.8 Å². The molecule has 0 spiro atoms. The molecule has 3 rings (SSSR count). The van der Waals surface area contributed by atoms with Crippen LogP contribution in [0.4, 0.5) is 0 Å². The van der Waals surface area contributed by atoms with E-state index in [1.165, 1.54) is 6.33 Å². The number of rotatable bonds is 5. The van der Waals surface area contributed by atoms with Gasteiger partial charge in [-0.05, 0) is 24.6 Å². The fourth-order valence-electron chi connectivity index (χ4n) is 3.37. The van der Waals surface area contributed by atoms with Gasteiger partial charge in [0.05, 0.1) is 24.2 Å². The van der Waals surface area contributed by atoms with E-state index in [-0.39, 0.29) is 30.1 Å². The van der Waals surface area contributed by atoms with Gasteiger partial charge in [0.1, 0.15) is 23.4 Å². The number of hydrogen-bond donors (Lipinski definition) is 1. The highest BCUT2D eigenvalue weighted by atomic mass is 35.5. The highest BCUT2D eigenvalue weighted by Crippen LogP contribution is 2.42. The van der Waals surface area contributed by atoms with Crippen LogP contribution in [0.1, 0.15) is 52.3 Å². The third kappa shape index (κ3) is 3.80. The second kappa shape index (κ2) is 7.44. The quantitative estimate of drug-likeness (QED) is 0.572. The predicted octanol–water partition coefficient (Wildman–Crippen LogP) is 4.66. The molecule has 0 aliphatic carbocycles. The first kappa shape index (κ1) is 20.7. The lowest BCUT2D eigenvalue weighted by Crippen LogP contribution is -2.45. The lowest BCUT2D eigenvalue weighted by molar-refractivity contribution is -0.0160. The van der Waals surface area contributed by atoms with Crippen LogP contribution in [0.3, 0.4) is 0 Å². The molecule has 1 saturated heterocycles. The highest BCUT2D eigenvalue weighted by molar-refractivity contribution is 6.74. The highest BCUT2D eigenvalue weighted by Gasteiger charge is 2.44. The molecule has 0 aromatic carbocycles. The van der Waals surface area contributed by atoms with Crippen LogP contribution in [0.5, 0.6) is 0 Å². The third-order valence-corrected chi connectivity index (χ3v) is 10.7. The second-order valence-electron chi connectivity index (χ2n) is 8.77. The zero-order valence-corrected chi connectivity index (χ0v) is 18.7. The normalized spacial score (nSPS) is 24.1. The Kier molecular flexibility index (Phi) is 5.71. The number of hydrogen-bond acceptors (Lipinski definition) is 5. The number of fused-ring (bicyclic) bond motifs is 1. The van der Waals surface area contributed by atoms with E-state index < -0.39 is 8.32 Å². The first-order valence-electron chi connectivity index (χ1n) is 9.53. The minimum absolute atomic E-state index is 0.0384. The number of nitrogens with zero attached hydrogens (tertiary/aromatic N) is 3. The number of aromatic nitrogens is 3. The zero-order valence-electron chi connectivity index (χ0n) is 17.0. The molecule has 2 aromatic heterocycles. The Hall–Kier alpha value is -0.993. The number of ether oxygens (including phenoxy) is 1. The van der Waals surface area contributed by atoms with Gasteiger partial charge in [0.2, 0.25) is 0 Å². The number of aliphatic hydroxyl groups excluding tert-OH is 1. The molecule has 1 fully saturated rings. The summed E-state index contributed by atoms with van der Waals surface area (Å²) in [5.74, 6) is 0. The van der Waals surface area contributed by atoms with Crippen LogP contribution in [-0.4, -0.2) is 40.2 Å². The fraction of sp³-hybridized carbons (Fsp3) is 0.684. The summed E-state index contributed by atoms with van der Waals surface area (Å²) in [6, 6.07) is 0. The minimum Gasteiger partial charge on any atom is -0.411 e. The van der Waals surface area contributed by atoms with E-state index in [2.05, 4.69) is 50.8 Å². The van der Waals surface area contributed by atoms with E-state index >= 15 is 0 Å². The van der Waals surface area contributed by atoms with Crippen LogP contribution < -0.4 is 0 Å². The summed E-state index contributed by atoms with van der Waals surface area (Å²) >= 11 is 6.25. The predicted molar refractivity (Wildman–Crippen MR) is 109 cm³/mol. The SMILES string of the molecule is CC[C@H]1O[C@@H](n2cc(CO)c3c(Cl)ncnc32)CC1O[Si](C)(C)C(C)(C)C. The van der Waals surface area contributed by atoms with Crippen molar-refractivity contribution >= 4 is 31.0 Å². The molecular formula is C19H30ClN3O3Si. The van der Waals surface area contributed by atoms with Crippen LogP contribution in [0.25, 0.3) is 11.0 Å². The Morgan fingerprint density at radius 2 is 2.07 bits per heavy atom. The molecule has 1 N–H and O–H groups in total. The Labute approximate surface area is 167 Å². The molecule has 0 bridgehead atoms. The molecule has 27 heavy (non-hydrogen) atoms. The fourth-order valence-corrected chi connectivity index (χ4v) is 4.98. The summed E-state index contributed by atoms with van der Waals surface area (Å²) in [7, 11) is -1.90. The average molecular weight is 412 g/mol. The van der Waals surface area contributed by atoms with Crippen LogP contribution in [0, 0.1) is 0 Å². The largest absolute Gasteiger partial charge is 0.411 e. The average Bonchev–Trinajstić information content (AvgIpc) is 3.15. The summed E-state index contributed by atoms with van der Waals surface area (Å²) in [6.07, 6.45) is 4.84. The lowest BCUT2D eigenvalue weighted by atomic mass is 10.1. The first-order valence-corrected chi connectivity index (χ1v) is 12.8. The maximum atomic E-state index is 9.72. The molecule has 1 aliphatic heterocycles. The van der Waals surface area contributed by atoms with Crippen LogP contribution in [0.15, 0.2) is 12.5 Å². The molecule has 0 radical (unpaired) electrons. The summed E-state index contributed by atoms with van der Waals surface area (Å²) in [4.78, 5) is 8.44. The Bertz CT molecular complexity index is 818. The van der Waals surface area contributed by atoms with Gasteiger partial charge in [-0.3, -0.25) is 0 Å². The van der Waals surface area contributed by atoms with Gasteiger partial charge >= 0.3 is 0 Å². The van der Waals surface area contributed by atoms with Gasteiger partial charge in [-0.15, -0.1) is 0 Å². The molecule has 2 aromatic rings. The van der Waals surface area contributed by atoms with E-state index in [4.69, 9.17) is 20.8 Å². The topological polar surface area (TPSA) is 69.4 Å². The van der Waals surface area contributed by atoms with Crippen molar-refractivity contribution in [1.82, 2.24) is 14.5 Å². The van der Waals surface area contributed by atoms with Gasteiger partial charge in [0, 0.05) is 18.2 Å². The summed E-state index contributed by atoms with van der Waals surface area (Å²) in [5.41, 5.74) is 1.40. The molecule has 1 unspecified atom stereocenters. The molecule has 3 heterocycles. The Balaban J connectivity index is 1.92. The Morgan fingerprint density at radius 1 is 1.37 bits per heavy atom. The van der Waals surface area contributed by atoms with Crippen LogP contribution >= 0.6 is 11.6 Å². The molecule has 1 aliphatic rings. The zero-order chi connectivity index (χ0) is 20.0.